The SMILES string of the molecule is Cc1c(C(=O)c2cc3cc(OCc4ccccc4)ccc3n2S(=O)(=O)c2ccccc2)oc2ccc([N+](=O)[O-])cc12. The van der Waals surface area contributed by atoms with Crippen molar-refractivity contribution in [3.63, 3.8) is 0 Å². The smallest absolute Gasteiger partial charge is 0.270 e. The molecule has 0 saturated carbocycles. The normalized spacial score (nSPS) is 11.6. The van der Waals surface area contributed by atoms with Crippen LogP contribution in [0.3, 0.4) is 0 Å². The van der Waals surface area contributed by atoms with Crippen LogP contribution in [0.4, 0.5) is 5.69 Å². The van der Waals surface area contributed by atoms with Gasteiger partial charge in [0.15, 0.2) is 5.76 Å². The topological polar surface area (TPSA) is 122 Å². The summed E-state index contributed by atoms with van der Waals surface area (Å²) < 4.78 is 40.6. The number of nitro benzene ring substituents is 1. The first-order valence-corrected chi connectivity index (χ1v) is 14.0. The molecule has 0 radical (unpaired) electrons. The van der Waals surface area contributed by atoms with E-state index in [0.717, 1.165) is 9.54 Å². The molecule has 0 spiro atoms. The van der Waals surface area contributed by atoms with Crippen LogP contribution in [0, 0.1) is 17.0 Å². The number of nitro groups is 1. The van der Waals surface area contributed by atoms with Crippen LogP contribution in [0.15, 0.2) is 112 Å². The third-order valence-electron chi connectivity index (χ3n) is 6.83. The summed E-state index contributed by atoms with van der Waals surface area (Å²) in [5, 5.41) is 12.2. The van der Waals surface area contributed by atoms with Crippen LogP contribution in [0.1, 0.15) is 27.4 Å². The molecule has 0 atom stereocenters. The van der Waals surface area contributed by atoms with E-state index in [0.29, 0.717) is 28.7 Å². The van der Waals surface area contributed by atoms with Crippen LogP contribution in [0.2, 0.25) is 0 Å². The Morgan fingerprint density at radius 1 is 0.927 bits per heavy atom. The molecule has 0 amide bonds. The maximum Gasteiger partial charge on any atom is 0.270 e. The summed E-state index contributed by atoms with van der Waals surface area (Å²) in [6.07, 6.45) is 0. The second kappa shape index (κ2) is 10.1. The van der Waals surface area contributed by atoms with Crippen molar-refractivity contribution in [2.45, 2.75) is 18.4 Å². The van der Waals surface area contributed by atoms with Crippen LogP contribution in [-0.4, -0.2) is 23.1 Å². The van der Waals surface area contributed by atoms with Gasteiger partial charge in [-0.15, -0.1) is 0 Å². The van der Waals surface area contributed by atoms with Gasteiger partial charge in [0.1, 0.15) is 23.6 Å². The summed E-state index contributed by atoms with van der Waals surface area (Å²) in [6, 6.07) is 27.9. The number of hydrogen-bond acceptors (Lipinski definition) is 7. The Morgan fingerprint density at radius 2 is 1.63 bits per heavy atom. The molecular weight excluding hydrogens is 544 g/mol. The third kappa shape index (κ3) is 4.64. The monoisotopic (exact) mass is 566 g/mol. The van der Waals surface area contributed by atoms with Crippen molar-refractivity contribution in [1.82, 2.24) is 3.97 Å². The van der Waals surface area contributed by atoms with Gasteiger partial charge in [0.05, 0.1) is 15.3 Å². The summed E-state index contributed by atoms with van der Waals surface area (Å²) in [6.45, 7) is 1.92. The van der Waals surface area contributed by atoms with E-state index in [2.05, 4.69) is 0 Å². The second-order valence-corrected chi connectivity index (χ2v) is 11.2. The number of furan rings is 1. The molecule has 0 N–H and O–H groups in total. The molecule has 2 heterocycles. The zero-order valence-corrected chi connectivity index (χ0v) is 22.5. The molecule has 9 nitrogen and oxygen atoms in total. The average molecular weight is 567 g/mol. The standard InChI is InChI=1S/C31H22N2O7S/c1-20-26-18-23(33(35)36)12-15-29(26)40-31(20)30(34)28-17-22-16-24(39-19-21-8-4-2-5-9-21)13-14-27(22)32(28)41(37,38)25-10-6-3-7-11-25/h2-18H,19H2,1H3. The summed E-state index contributed by atoms with van der Waals surface area (Å²) in [7, 11) is -4.21. The highest BCUT2D eigenvalue weighted by Crippen LogP contribution is 2.34. The number of non-ortho nitro benzene ring substituents is 1. The van der Waals surface area contributed by atoms with E-state index in [-0.39, 0.29) is 33.1 Å². The summed E-state index contributed by atoms with van der Waals surface area (Å²) >= 11 is 0. The fourth-order valence-electron chi connectivity index (χ4n) is 4.77. The van der Waals surface area contributed by atoms with Crippen molar-refractivity contribution in [2.24, 2.45) is 0 Å². The van der Waals surface area contributed by atoms with Crippen molar-refractivity contribution >= 4 is 43.4 Å². The Labute approximate surface area is 234 Å². The van der Waals surface area contributed by atoms with E-state index < -0.39 is 20.7 Å². The molecule has 204 valence electrons. The molecule has 6 rings (SSSR count). The molecule has 0 bridgehead atoms. The number of nitrogens with zero attached hydrogens (tertiary/aromatic N) is 2. The molecule has 0 aliphatic heterocycles. The van der Waals surface area contributed by atoms with Gasteiger partial charge in [-0.25, -0.2) is 12.4 Å². The lowest BCUT2D eigenvalue weighted by molar-refractivity contribution is -0.384. The number of rotatable bonds is 8. The van der Waals surface area contributed by atoms with Gasteiger partial charge >= 0.3 is 0 Å². The summed E-state index contributed by atoms with van der Waals surface area (Å²) in [5.41, 5.74) is 1.61. The highest BCUT2D eigenvalue weighted by atomic mass is 32.2. The quantitative estimate of drug-likeness (QED) is 0.115. The van der Waals surface area contributed by atoms with Crippen LogP contribution >= 0.6 is 0 Å². The molecule has 4 aromatic carbocycles. The minimum atomic E-state index is -4.21. The number of ketones is 1. The average Bonchev–Trinajstić information content (AvgIpc) is 3.54. The number of fused-ring (bicyclic) bond motifs is 2. The molecule has 2 aromatic heterocycles. The van der Waals surface area contributed by atoms with Crippen molar-refractivity contribution in [2.75, 3.05) is 0 Å². The lowest BCUT2D eigenvalue weighted by Gasteiger charge is -2.12. The Bertz CT molecular complexity index is 2060. The van der Waals surface area contributed by atoms with Gasteiger partial charge in [0.25, 0.3) is 15.7 Å². The van der Waals surface area contributed by atoms with E-state index in [9.17, 15) is 23.3 Å². The van der Waals surface area contributed by atoms with E-state index in [4.69, 9.17) is 9.15 Å². The first-order chi connectivity index (χ1) is 19.7. The Morgan fingerprint density at radius 3 is 2.34 bits per heavy atom. The molecule has 0 fully saturated rings. The molecule has 0 saturated heterocycles. The fraction of sp³-hybridized carbons (Fsp3) is 0.0645. The summed E-state index contributed by atoms with van der Waals surface area (Å²) in [4.78, 5) is 24.7. The third-order valence-corrected chi connectivity index (χ3v) is 8.57. The number of aryl methyl sites for hydroxylation is 1. The maximum atomic E-state index is 14.0. The van der Waals surface area contributed by atoms with Crippen molar-refractivity contribution in [3.05, 3.63) is 136 Å². The van der Waals surface area contributed by atoms with Gasteiger partial charge in [0, 0.05) is 28.5 Å². The van der Waals surface area contributed by atoms with Crippen molar-refractivity contribution in [3.8, 4) is 5.75 Å². The molecule has 0 aliphatic carbocycles. The van der Waals surface area contributed by atoms with Gasteiger partial charge < -0.3 is 9.15 Å². The Kier molecular flexibility index (Phi) is 6.39. The van der Waals surface area contributed by atoms with E-state index >= 15 is 0 Å². The number of carbonyl (C=O) groups excluding carboxylic acids is 1. The Balaban J connectivity index is 1.49. The largest absolute Gasteiger partial charge is 0.489 e. The highest BCUT2D eigenvalue weighted by Gasteiger charge is 2.30. The lowest BCUT2D eigenvalue weighted by atomic mass is 10.1. The number of ether oxygens (including phenoxy) is 1. The molecular formula is C31H22N2O7S. The summed E-state index contributed by atoms with van der Waals surface area (Å²) in [5.74, 6) is -0.279. The first-order valence-electron chi connectivity index (χ1n) is 12.6. The minimum Gasteiger partial charge on any atom is -0.489 e. The molecule has 0 unspecified atom stereocenters. The maximum absolute atomic E-state index is 14.0. The minimum absolute atomic E-state index is 0.00732. The van der Waals surface area contributed by atoms with Gasteiger partial charge in [-0.2, -0.15) is 0 Å². The number of benzene rings is 4. The van der Waals surface area contributed by atoms with E-state index in [1.165, 1.54) is 36.4 Å². The number of aromatic nitrogens is 1. The van der Waals surface area contributed by atoms with Crippen LogP contribution < -0.4 is 4.74 Å². The second-order valence-electron chi connectivity index (χ2n) is 9.43. The molecule has 41 heavy (non-hydrogen) atoms. The molecule has 0 aliphatic rings. The zero-order chi connectivity index (χ0) is 28.7. The molecule has 10 heteroatoms. The van der Waals surface area contributed by atoms with Crippen molar-refractivity contribution < 1.29 is 27.3 Å². The predicted molar refractivity (Wildman–Crippen MR) is 153 cm³/mol. The molecule has 6 aromatic rings. The highest BCUT2D eigenvalue weighted by molar-refractivity contribution is 7.90. The number of hydrogen-bond donors (Lipinski definition) is 0. The van der Waals surface area contributed by atoms with Gasteiger partial charge in [-0.05, 0) is 55.0 Å². The zero-order valence-electron chi connectivity index (χ0n) is 21.7. The van der Waals surface area contributed by atoms with Gasteiger partial charge in [0.2, 0.25) is 5.78 Å². The van der Waals surface area contributed by atoms with Crippen LogP contribution in [0.25, 0.3) is 21.9 Å². The van der Waals surface area contributed by atoms with Crippen LogP contribution in [-0.2, 0) is 16.6 Å². The van der Waals surface area contributed by atoms with Crippen LogP contribution in [0.5, 0.6) is 5.75 Å². The van der Waals surface area contributed by atoms with Gasteiger partial charge in [-0.3, -0.25) is 14.9 Å². The first kappa shape index (κ1) is 26.0. The van der Waals surface area contributed by atoms with E-state index in [1.807, 2.05) is 30.3 Å². The fourth-order valence-corrected chi connectivity index (χ4v) is 6.30. The van der Waals surface area contributed by atoms with Gasteiger partial charge in [-0.1, -0.05) is 48.5 Å². The Hall–Kier alpha value is -5.22. The lowest BCUT2D eigenvalue weighted by Crippen LogP contribution is -2.19. The van der Waals surface area contributed by atoms with E-state index in [1.54, 1.807) is 43.3 Å². The number of carbonyl (C=O) groups is 1. The van der Waals surface area contributed by atoms with Crippen molar-refractivity contribution in [1.29, 1.82) is 0 Å². The predicted octanol–water partition coefficient (Wildman–Crippen LogP) is 6.65.